The number of benzene rings is 1. The van der Waals surface area contributed by atoms with Gasteiger partial charge >= 0.3 is 0 Å². The zero-order valence-corrected chi connectivity index (χ0v) is 12.7. The maximum atomic E-state index is 12.8. The minimum Gasteiger partial charge on any atom is -0.325 e. The largest absolute Gasteiger partial charge is 0.325 e. The van der Waals surface area contributed by atoms with Crippen molar-refractivity contribution in [1.82, 2.24) is 10.2 Å². The van der Waals surface area contributed by atoms with Crippen molar-refractivity contribution in [3.05, 3.63) is 35.6 Å². The lowest BCUT2D eigenvalue weighted by Gasteiger charge is -2.18. The number of rotatable bonds is 5. The van der Waals surface area contributed by atoms with E-state index in [1.54, 1.807) is 17.6 Å². The number of thioether (sulfide) groups is 1. The summed E-state index contributed by atoms with van der Waals surface area (Å²) in [6, 6.07) is 5.72. The molecule has 1 aromatic heterocycles. The van der Waals surface area contributed by atoms with Crippen molar-refractivity contribution in [2.75, 3.05) is 5.32 Å². The summed E-state index contributed by atoms with van der Waals surface area (Å²) in [6.07, 6.45) is 0. The number of amides is 1. The molecule has 0 spiro atoms. The van der Waals surface area contributed by atoms with Crippen LogP contribution in [0, 0.1) is 11.7 Å². The number of carbonyl (C=O) groups excluding carboxylic acids is 1. The first-order valence-corrected chi connectivity index (χ1v) is 7.81. The Labute approximate surface area is 124 Å². The van der Waals surface area contributed by atoms with Crippen molar-refractivity contribution in [3.63, 3.8) is 0 Å². The lowest BCUT2D eigenvalue weighted by molar-refractivity contribution is -0.116. The van der Waals surface area contributed by atoms with Gasteiger partial charge in [-0.15, -0.1) is 10.2 Å². The molecule has 0 aliphatic carbocycles. The Balaban J connectivity index is 2.05. The summed E-state index contributed by atoms with van der Waals surface area (Å²) in [5.74, 6) is -0.303. The van der Waals surface area contributed by atoms with Crippen molar-refractivity contribution in [2.24, 2.45) is 5.92 Å². The third kappa shape index (κ3) is 4.01. The van der Waals surface area contributed by atoms with Crippen molar-refractivity contribution in [1.29, 1.82) is 0 Å². The Morgan fingerprint density at radius 2 is 2.05 bits per heavy atom. The molecule has 0 saturated heterocycles. The van der Waals surface area contributed by atoms with Crippen LogP contribution in [-0.4, -0.2) is 21.4 Å². The van der Waals surface area contributed by atoms with Gasteiger partial charge in [-0.3, -0.25) is 4.79 Å². The van der Waals surface area contributed by atoms with Gasteiger partial charge in [-0.1, -0.05) is 36.9 Å². The van der Waals surface area contributed by atoms with E-state index in [1.165, 1.54) is 35.2 Å². The Kier molecular flexibility index (Phi) is 5.08. The Morgan fingerprint density at radius 1 is 1.35 bits per heavy atom. The van der Waals surface area contributed by atoms with Crippen LogP contribution < -0.4 is 5.32 Å². The predicted octanol–water partition coefficient (Wildman–Crippen LogP) is 3.43. The first-order valence-electron chi connectivity index (χ1n) is 6.05. The van der Waals surface area contributed by atoms with Crippen LogP contribution in [0.4, 0.5) is 10.1 Å². The van der Waals surface area contributed by atoms with Crippen LogP contribution in [0.5, 0.6) is 0 Å². The zero-order valence-electron chi connectivity index (χ0n) is 11.0. The molecule has 2 aromatic rings. The van der Waals surface area contributed by atoms with Crippen LogP contribution in [0.15, 0.2) is 34.1 Å². The van der Waals surface area contributed by atoms with Crippen molar-refractivity contribution in [2.45, 2.75) is 23.4 Å². The van der Waals surface area contributed by atoms with Crippen molar-refractivity contribution >= 4 is 34.7 Å². The number of nitrogens with zero attached hydrogens (tertiary/aromatic N) is 2. The monoisotopic (exact) mass is 311 g/mol. The molecule has 0 bridgehead atoms. The molecule has 1 heterocycles. The molecule has 1 atom stereocenters. The van der Waals surface area contributed by atoms with Crippen molar-refractivity contribution < 1.29 is 9.18 Å². The molecule has 106 valence electrons. The first kappa shape index (κ1) is 14.9. The molecule has 20 heavy (non-hydrogen) atoms. The minimum atomic E-state index is -0.327. The van der Waals surface area contributed by atoms with Crippen LogP contribution in [0.3, 0.4) is 0 Å². The molecule has 2 rings (SSSR count). The highest BCUT2D eigenvalue weighted by Gasteiger charge is 2.24. The standard InChI is InChI=1S/C13H14FN3OS2/c1-8(2)11(20-13-17-15-7-19-13)12(18)16-10-5-3-9(14)4-6-10/h3-8,11H,1-2H3,(H,16,18)/t11-/m1/s1. The smallest absolute Gasteiger partial charge is 0.238 e. The van der Waals surface area contributed by atoms with Gasteiger partial charge in [-0.2, -0.15) is 0 Å². The number of anilines is 1. The average molecular weight is 311 g/mol. The van der Waals surface area contributed by atoms with Crippen molar-refractivity contribution in [3.8, 4) is 0 Å². The van der Waals surface area contributed by atoms with Gasteiger partial charge in [0.2, 0.25) is 5.91 Å². The maximum absolute atomic E-state index is 12.8. The Hall–Kier alpha value is -1.47. The van der Waals surface area contributed by atoms with Gasteiger partial charge in [0.05, 0.1) is 5.25 Å². The maximum Gasteiger partial charge on any atom is 0.238 e. The summed E-state index contributed by atoms with van der Waals surface area (Å²) < 4.78 is 13.6. The number of hydrogen-bond acceptors (Lipinski definition) is 5. The fourth-order valence-corrected chi connectivity index (χ4v) is 3.25. The molecule has 0 fully saturated rings. The topological polar surface area (TPSA) is 54.9 Å². The normalized spacial score (nSPS) is 12.4. The highest BCUT2D eigenvalue weighted by Crippen LogP contribution is 2.29. The molecule has 7 heteroatoms. The summed E-state index contributed by atoms with van der Waals surface area (Å²) in [5.41, 5.74) is 2.22. The number of nitrogens with one attached hydrogen (secondary N) is 1. The van der Waals surface area contributed by atoms with Gasteiger partial charge in [0, 0.05) is 5.69 Å². The lowest BCUT2D eigenvalue weighted by Crippen LogP contribution is -2.29. The van der Waals surface area contributed by atoms with Gasteiger partial charge in [0.1, 0.15) is 11.3 Å². The van der Waals surface area contributed by atoms with E-state index in [9.17, 15) is 9.18 Å². The molecule has 0 aliphatic heterocycles. The second-order valence-corrected chi connectivity index (χ2v) is 6.71. The van der Waals surface area contributed by atoms with E-state index in [0.717, 1.165) is 4.34 Å². The van der Waals surface area contributed by atoms with E-state index in [2.05, 4.69) is 15.5 Å². The van der Waals surface area contributed by atoms with Gasteiger partial charge in [-0.25, -0.2) is 4.39 Å². The Morgan fingerprint density at radius 3 is 2.60 bits per heavy atom. The number of carbonyl (C=O) groups is 1. The highest BCUT2D eigenvalue weighted by molar-refractivity contribution is 8.02. The first-order chi connectivity index (χ1) is 9.56. The molecule has 0 unspecified atom stereocenters. The second kappa shape index (κ2) is 6.81. The molecule has 0 radical (unpaired) electrons. The van der Waals surface area contributed by atoms with Crippen LogP contribution in [0.25, 0.3) is 0 Å². The second-order valence-electron chi connectivity index (χ2n) is 4.48. The Bertz CT molecular complexity index is 558. The summed E-state index contributed by atoms with van der Waals surface area (Å²) >= 11 is 2.80. The molecular weight excluding hydrogens is 297 g/mol. The average Bonchev–Trinajstić information content (AvgIpc) is 2.91. The zero-order chi connectivity index (χ0) is 14.5. The molecule has 0 saturated carbocycles. The van der Waals surface area contributed by atoms with E-state index in [4.69, 9.17) is 0 Å². The fraction of sp³-hybridized carbons (Fsp3) is 0.308. The summed E-state index contributed by atoms with van der Waals surface area (Å²) in [4.78, 5) is 12.3. The third-order valence-corrected chi connectivity index (χ3v) is 4.90. The van der Waals surface area contributed by atoms with Crippen LogP contribution in [0.2, 0.25) is 0 Å². The third-order valence-electron chi connectivity index (χ3n) is 2.54. The summed E-state index contributed by atoms with van der Waals surface area (Å²) in [5, 5.41) is 10.2. The van der Waals surface area contributed by atoms with Gasteiger partial charge < -0.3 is 5.32 Å². The van der Waals surface area contributed by atoms with E-state index < -0.39 is 0 Å². The van der Waals surface area contributed by atoms with E-state index in [0.29, 0.717) is 5.69 Å². The molecule has 1 N–H and O–H groups in total. The summed E-state index contributed by atoms with van der Waals surface area (Å²) in [6.45, 7) is 3.95. The predicted molar refractivity (Wildman–Crippen MR) is 79.4 cm³/mol. The SMILES string of the molecule is CC(C)[C@@H](Sc1nncs1)C(=O)Nc1ccc(F)cc1. The molecule has 4 nitrogen and oxygen atoms in total. The van der Waals surface area contributed by atoms with Gasteiger partial charge in [0.25, 0.3) is 0 Å². The summed E-state index contributed by atoms with van der Waals surface area (Å²) in [7, 11) is 0. The van der Waals surface area contributed by atoms with Crippen LogP contribution in [-0.2, 0) is 4.79 Å². The number of aromatic nitrogens is 2. The lowest BCUT2D eigenvalue weighted by atomic mass is 10.1. The molecule has 1 amide bonds. The van der Waals surface area contributed by atoms with Gasteiger partial charge in [-0.05, 0) is 30.2 Å². The van der Waals surface area contributed by atoms with Crippen LogP contribution >= 0.6 is 23.1 Å². The van der Waals surface area contributed by atoms with E-state index in [1.807, 2.05) is 13.8 Å². The van der Waals surface area contributed by atoms with Crippen LogP contribution in [0.1, 0.15) is 13.8 Å². The van der Waals surface area contributed by atoms with E-state index >= 15 is 0 Å². The fourth-order valence-electron chi connectivity index (χ4n) is 1.56. The quantitative estimate of drug-likeness (QED) is 0.860. The van der Waals surface area contributed by atoms with E-state index in [-0.39, 0.29) is 22.9 Å². The molecule has 1 aromatic carbocycles. The molecule has 0 aliphatic rings. The minimum absolute atomic E-state index is 0.119. The molecular formula is C13H14FN3OS2. The number of halogens is 1. The van der Waals surface area contributed by atoms with Gasteiger partial charge in [0.15, 0.2) is 4.34 Å². The number of hydrogen-bond donors (Lipinski definition) is 1. The highest BCUT2D eigenvalue weighted by atomic mass is 32.2.